The molecule has 0 spiro atoms. The molecular weight excluding hydrogens is 869 g/mol. The summed E-state index contributed by atoms with van der Waals surface area (Å²) in [6.07, 6.45) is 0. The second-order valence-electron chi connectivity index (χ2n) is 19.1. The Morgan fingerprint density at radius 2 is 0.597 bits per heavy atom. The Morgan fingerprint density at radius 3 is 1.11 bits per heavy atom. The zero-order valence-electron chi connectivity index (χ0n) is 39.5. The Hall–Kier alpha value is -9.24. The molecular formula is C70H46N2. The molecule has 0 fully saturated rings. The summed E-state index contributed by atoms with van der Waals surface area (Å²) in [5, 5.41) is 2.31. The zero-order valence-corrected chi connectivity index (χ0v) is 39.5. The van der Waals surface area contributed by atoms with E-state index in [1.54, 1.807) is 0 Å². The third-order valence-electron chi connectivity index (χ3n) is 15.5. The van der Waals surface area contributed by atoms with Crippen LogP contribution in [-0.4, -0.2) is 9.97 Å². The molecule has 12 aromatic rings. The highest BCUT2D eigenvalue weighted by Crippen LogP contribution is 2.58. The SMILES string of the molecule is c1ccc(-c2nc(-c3ccc4c(c3)-c3ccccc3C4(c3ccccc3)c3ccccc3)cc(-c3ccc(-c4ccc5c(c4)-c4ccccc4C5(c4ccccc4)c4ccccc4)c4ccccc34)n2)cc1. The molecule has 1 heterocycles. The molecule has 0 atom stereocenters. The van der Waals surface area contributed by atoms with Crippen LogP contribution < -0.4 is 0 Å². The fourth-order valence-corrected chi connectivity index (χ4v) is 12.4. The first-order valence-electron chi connectivity index (χ1n) is 24.9. The average molecular weight is 915 g/mol. The first-order chi connectivity index (χ1) is 35.7. The van der Waals surface area contributed by atoms with E-state index in [0.29, 0.717) is 5.82 Å². The summed E-state index contributed by atoms with van der Waals surface area (Å²) in [5.74, 6) is 0.692. The van der Waals surface area contributed by atoms with Gasteiger partial charge in [0.1, 0.15) is 0 Å². The first kappa shape index (κ1) is 41.7. The Bertz CT molecular complexity index is 3940. The number of hydrogen-bond donors (Lipinski definition) is 0. The Morgan fingerprint density at radius 1 is 0.222 bits per heavy atom. The third kappa shape index (κ3) is 6.22. The normalized spacial score (nSPS) is 13.5. The highest BCUT2D eigenvalue weighted by molar-refractivity contribution is 6.05. The molecule has 336 valence electrons. The van der Waals surface area contributed by atoms with Crippen LogP contribution in [-0.2, 0) is 10.8 Å². The highest BCUT2D eigenvalue weighted by Gasteiger charge is 2.47. The van der Waals surface area contributed by atoms with Crippen LogP contribution in [0.3, 0.4) is 0 Å². The summed E-state index contributed by atoms with van der Waals surface area (Å²) >= 11 is 0. The average Bonchev–Trinajstić information content (AvgIpc) is 3.94. The van der Waals surface area contributed by atoms with Crippen molar-refractivity contribution in [3.63, 3.8) is 0 Å². The van der Waals surface area contributed by atoms with E-state index >= 15 is 0 Å². The number of fused-ring (bicyclic) bond motifs is 7. The lowest BCUT2D eigenvalue weighted by Crippen LogP contribution is -2.28. The predicted octanol–water partition coefficient (Wildman–Crippen LogP) is 17.0. The van der Waals surface area contributed by atoms with E-state index in [4.69, 9.17) is 9.97 Å². The quantitative estimate of drug-likeness (QED) is 0.152. The lowest BCUT2D eigenvalue weighted by molar-refractivity contribution is 0.768. The van der Waals surface area contributed by atoms with Gasteiger partial charge in [0.25, 0.3) is 0 Å². The molecule has 2 aliphatic rings. The number of rotatable bonds is 8. The van der Waals surface area contributed by atoms with Gasteiger partial charge < -0.3 is 0 Å². The van der Waals surface area contributed by atoms with Crippen molar-refractivity contribution in [2.75, 3.05) is 0 Å². The van der Waals surface area contributed by atoms with Crippen molar-refractivity contribution in [2.45, 2.75) is 10.8 Å². The molecule has 0 N–H and O–H groups in total. The molecule has 14 rings (SSSR count). The zero-order chi connectivity index (χ0) is 47.6. The van der Waals surface area contributed by atoms with Gasteiger partial charge in [0.05, 0.1) is 22.2 Å². The summed E-state index contributed by atoms with van der Waals surface area (Å²) < 4.78 is 0. The summed E-state index contributed by atoms with van der Waals surface area (Å²) in [5.41, 5.74) is 21.4. The topological polar surface area (TPSA) is 25.8 Å². The van der Waals surface area contributed by atoms with Crippen molar-refractivity contribution in [3.05, 3.63) is 324 Å². The van der Waals surface area contributed by atoms with Crippen LogP contribution in [0.2, 0.25) is 0 Å². The molecule has 0 saturated heterocycles. The summed E-state index contributed by atoms with van der Waals surface area (Å²) in [4.78, 5) is 10.8. The van der Waals surface area contributed by atoms with Crippen LogP contribution in [0.1, 0.15) is 44.5 Å². The monoisotopic (exact) mass is 914 g/mol. The van der Waals surface area contributed by atoms with Gasteiger partial charge in [-0.1, -0.05) is 261 Å². The third-order valence-corrected chi connectivity index (χ3v) is 15.5. The Kier molecular flexibility index (Phi) is 9.69. The maximum atomic E-state index is 5.40. The molecule has 0 saturated carbocycles. The molecule has 2 aliphatic carbocycles. The number of hydrogen-bond acceptors (Lipinski definition) is 2. The maximum absolute atomic E-state index is 5.40. The first-order valence-corrected chi connectivity index (χ1v) is 24.9. The van der Waals surface area contributed by atoms with E-state index in [1.165, 1.54) is 83.3 Å². The minimum atomic E-state index is -0.477. The second kappa shape index (κ2) is 16.7. The minimum Gasteiger partial charge on any atom is -0.228 e. The van der Waals surface area contributed by atoms with E-state index in [1.807, 2.05) is 6.07 Å². The maximum Gasteiger partial charge on any atom is 0.160 e. The molecule has 1 aromatic heterocycles. The second-order valence-corrected chi connectivity index (χ2v) is 19.1. The van der Waals surface area contributed by atoms with Crippen molar-refractivity contribution in [2.24, 2.45) is 0 Å². The molecule has 72 heavy (non-hydrogen) atoms. The minimum absolute atomic E-state index is 0.449. The van der Waals surface area contributed by atoms with Crippen molar-refractivity contribution in [3.8, 4) is 67.3 Å². The molecule has 2 heteroatoms. The lowest BCUT2D eigenvalue weighted by Gasteiger charge is -2.33. The van der Waals surface area contributed by atoms with E-state index in [2.05, 4.69) is 273 Å². The van der Waals surface area contributed by atoms with Crippen LogP contribution in [0.5, 0.6) is 0 Å². The predicted molar refractivity (Wildman–Crippen MR) is 296 cm³/mol. The van der Waals surface area contributed by atoms with Gasteiger partial charge in [-0.25, -0.2) is 9.97 Å². The van der Waals surface area contributed by atoms with Gasteiger partial charge in [0.2, 0.25) is 0 Å². The lowest BCUT2D eigenvalue weighted by atomic mass is 9.67. The molecule has 0 amide bonds. The standard InChI is InChI=1S/C70H46N2/c1-6-22-47(23-7-1)68-71-66(49-39-43-65-61(45-49)58-35-19-21-37-63(58)70(65,52-28-12-4-13-29-52)53-30-14-5-15-31-53)46-67(72-68)59-41-40-54(55-32-16-17-33-56(55)59)48-38-42-64-60(44-48)57-34-18-20-36-62(57)69(64,50-24-8-2-9-25-50)51-26-10-3-11-27-51/h1-46H. The van der Waals surface area contributed by atoms with Gasteiger partial charge in [0.15, 0.2) is 5.82 Å². The summed E-state index contributed by atoms with van der Waals surface area (Å²) in [6, 6.07) is 102. The molecule has 0 aliphatic heterocycles. The largest absolute Gasteiger partial charge is 0.228 e. The van der Waals surface area contributed by atoms with Crippen molar-refractivity contribution < 1.29 is 0 Å². The van der Waals surface area contributed by atoms with E-state index < -0.39 is 10.8 Å². The van der Waals surface area contributed by atoms with Gasteiger partial charge in [-0.3, -0.25) is 0 Å². The van der Waals surface area contributed by atoms with Crippen LogP contribution in [0.4, 0.5) is 0 Å². The molecule has 0 bridgehead atoms. The van der Waals surface area contributed by atoms with E-state index in [9.17, 15) is 0 Å². The van der Waals surface area contributed by atoms with Crippen LogP contribution in [0, 0.1) is 0 Å². The van der Waals surface area contributed by atoms with Gasteiger partial charge >= 0.3 is 0 Å². The van der Waals surface area contributed by atoms with Crippen LogP contribution in [0.15, 0.2) is 279 Å². The molecule has 0 unspecified atom stereocenters. The van der Waals surface area contributed by atoms with Crippen LogP contribution >= 0.6 is 0 Å². The van der Waals surface area contributed by atoms with Gasteiger partial charge in [0, 0.05) is 16.7 Å². The van der Waals surface area contributed by atoms with Gasteiger partial charge in [-0.2, -0.15) is 0 Å². The van der Waals surface area contributed by atoms with Crippen molar-refractivity contribution in [1.29, 1.82) is 0 Å². The Labute approximate surface area is 420 Å². The van der Waals surface area contributed by atoms with Crippen LogP contribution in [0.25, 0.3) is 78.1 Å². The molecule has 11 aromatic carbocycles. The fourth-order valence-electron chi connectivity index (χ4n) is 12.4. The van der Waals surface area contributed by atoms with Gasteiger partial charge in [-0.05, 0) is 107 Å². The van der Waals surface area contributed by atoms with Gasteiger partial charge in [-0.15, -0.1) is 0 Å². The smallest absolute Gasteiger partial charge is 0.160 e. The van der Waals surface area contributed by atoms with Crippen molar-refractivity contribution >= 4 is 10.8 Å². The number of benzene rings is 11. The van der Waals surface area contributed by atoms with E-state index in [0.717, 1.165) is 33.5 Å². The Balaban J connectivity index is 0.932. The summed E-state index contributed by atoms with van der Waals surface area (Å²) in [7, 11) is 0. The molecule has 2 nitrogen and oxygen atoms in total. The number of aromatic nitrogens is 2. The summed E-state index contributed by atoms with van der Waals surface area (Å²) in [6.45, 7) is 0. The highest BCUT2D eigenvalue weighted by atomic mass is 14.9. The van der Waals surface area contributed by atoms with E-state index in [-0.39, 0.29) is 0 Å². The molecule has 0 radical (unpaired) electrons. The fraction of sp³-hybridized carbons (Fsp3) is 0.0286. The van der Waals surface area contributed by atoms with Crippen molar-refractivity contribution in [1.82, 2.24) is 9.97 Å². The number of nitrogens with zero attached hydrogens (tertiary/aromatic N) is 2.